The second kappa shape index (κ2) is 4.87. The van der Waals surface area contributed by atoms with Crippen LogP contribution in [0.2, 0.25) is 0 Å². The summed E-state index contributed by atoms with van der Waals surface area (Å²) in [6.07, 6.45) is -4.95. The van der Waals surface area contributed by atoms with Crippen molar-refractivity contribution in [1.29, 1.82) is 0 Å². The summed E-state index contributed by atoms with van der Waals surface area (Å²) >= 11 is 0. The lowest BCUT2D eigenvalue weighted by Gasteiger charge is -2.10. The Bertz CT molecular complexity index is 575. The van der Waals surface area contributed by atoms with Gasteiger partial charge in [0.15, 0.2) is 11.6 Å². The third-order valence-electron chi connectivity index (χ3n) is 2.34. The molecule has 0 spiro atoms. The van der Waals surface area contributed by atoms with Crippen LogP contribution in [0.3, 0.4) is 0 Å². The normalized spacial score (nSPS) is 11.4. The third kappa shape index (κ3) is 3.43. The molecule has 0 saturated heterocycles. The first-order valence-corrected chi connectivity index (χ1v) is 5.16. The van der Waals surface area contributed by atoms with Gasteiger partial charge in [-0.25, -0.2) is 8.78 Å². The van der Waals surface area contributed by atoms with Crippen molar-refractivity contribution < 1.29 is 26.7 Å². The lowest BCUT2D eigenvalue weighted by molar-refractivity contribution is -0.275. The second-order valence-corrected chi connectivity index (χ2v) is 3.70. The largest absolute Gasteiger partial charge is 0.573 e. The van der Waals surface area contributed by atoms with Crippen LogP contribution >= 0.6 is 0 Å². The van der Waals surface area contributed by atoms with Gasteiger partial charge in [0.2, 0.25) is 0 Å². The Labute approximate surface area is 105 Å². The first-order chi connectivity index (χ1) is 8.85. The Balaban J connectivity index is 2.31. The van der Waals surface area contributed by atoms with E-state index in [1.165, 1.54) is 30.3 Å². The Morgan fingerprint density at radius 2 is 1.37 bits per heavy atom. The van der Waals surface area contributed by atoms with Gasteiger partial charge < -0.3 is 4.74 Å². The maximum atomic E-state index is 13.4. The molecule has 0 N–H and O–H groups in total. The van der Waals surface area contributed by atoms with E-state index >= 15 is 0 Å². The summed E-state index contributed by atoms with van der Waals surface area (Å²) in [5.41, 5.74) is 0.811. The molecule has 0 bridgehead atoms. The van der Waals surface area contributed by atoms with Gasteiger partial charge in [0.25, 0.3) is 0 Å². The third-order valence-corrected chi connectivity index (χ3v) is 2.34. The van der Waals surface area contributed by atoms with Crippen molar-refractivity contribution in [2.24, 2.45) is 0 Å². The maximum absolute atomic E-state index is 13.4. The van der Waals surface area contributed by atoms with Crippen molar-refractivity contribution in [1.82, 2.24) is 0 Å². The van der Waals surface area contributed by atoms with Crippen molar-refractivity contribution in [3.63, 3.8) is 0 Å². The van der Waals surface area contributed by atoms with Gasteiger partial charge in [-0.1, -0.05) is 18.2 Å². The fourth-order valence-electron chi connectivity index (χ4n) is 1.53. The van der Waals surface area contributed by atoms with Crippen LogP contribution in [-0.2, 0) is 0 Å². The van der Waals surface area contributed by atoms with E-state index in [1.807, 2.05) is 0 Å². The average Bonchev–Trinajstić information content (AvgIpc) is 2.31. The molecular formula is C13H7F5O. The van der Waals surface area contributed by atoms with Gasteiger partial charge in [0, 0.05) is 0 Å². The van der Waals surface area contributed by atoms with Gasteiger partial charge >= 0.3 is 6.36 Å². The highest BCUT2D eigenvalue weighted by atomic mass is 19.4. The number of ether oxygens (including phenoxy) is 1. The molecule has 0 fully saturated rings. The van der Waals surface area contributed by atoms with Crippen LogP contribution in [0.15, 0.2) is 42.5 Å². The molecule has 100 valence electrons. The van der Waals surface area contributed by atoms with E-state index in [2.05, 4.69) is 4.74 Å². The van der Waals surface area contributed by atoms with Crippen LogP contribution in [-0.4, -0.2) is 6.36 Å². The zero-order valence-corrected chi connectivity index (χ0v) is 9.34. The second-order valence-electron chi connectivity index (χ2n) is 3.70. The monoisotopic (exact) mass is 274 g/mol. The summed E-state index contributed by atoms with van der Waals surface area (Å²) in [5, 5.41) is 0. The topological polar surface area (TPSA) is 9.23 Å². The molecule has 0 unspecified atom stereocenters. The standard InChI is InChI=1S/C13H7F5O/c14-10-4-1-8(2-5-10)9-3-6-12(11(15)7-9)19-13(16,17)18/h1-7H. The van der Waals surface area contributed by atoms with Gasteiger partial charge in [-0.3, -0.25) is 0 Å². The fraction of sp³-hybridized carbons (Fsp3) is 0.0769. The van der Waals surface area contributed by atoms with Crippen molar-refractivity contribution >= 4 is 0 Å². The van der Waals surface area contributed by atoms with Gasteiger partial charge in [-0.15, -0.1) is 13.2 Å². The minimum Gasteiger partial charge on any atom is -0.403 e. The van der Waals surface area contributed by atoms with Crippen LogP contribution < -0.4 is 4.74 Å². The van der Waals surface area contributed by atoms with Gasteiger partial charge in [-0.05, 0) is 35.4 Å². The quantitative estimate of drug-likeness (QED) is 0.731. The summed E-state index contributed by atoms with van der Waals surface area (Å²) in [7, 11) is 0. The van der Waals surface area contributed by atoms with Crippen molar-refractivity contribution in [2.75, 3.05) is 0 Å². The number of benzene rings is 2. The molecule has 0 atom stereocenters. The first-order valence-electron chi connectivity index (χ1n) is 5.16. The van der Waals surface area contributed by atoms with Crippen molar-refractivity contribution in [2.45, 2.75) is 6.36 Å². The highest BCUT2D eigenvalue weighted by molar-refractivity contribution is 5.64. The molecule has 0 aliphatic carbocycles. The van der Waals surface area contributed by atoms with E-state index in [-0.39, 0.29) is 0 Å². The van der Waals surface area contributed by atoms with Crippen LogP contribution in [0, 0.1) is 11.6 Å². The summed E-state index contributed by atoms with van der Waals surface area (Å²) < 4.78 is 65.5. The predicted octanol–water partition coefficient (Wildman–Crippen LogP) is 4.53. The van der Waals surface area contributed by atoms with Gasteiger partial charge in [-0.2, -0.15) is 0 Å². The number of halogens is 5. The molecule has 0 aliphatic rings. The zero-order valence-electron chi connectivity index (χ0n) is 9.34. The SMILES string of the molecule is Fc1ccc(-c2ccc(OC(F)(F)F)c(F)c2)cc1. The molecule has 2 rings (SSSR count). The Hall–Kier alpha value is -2.11. The molecule has 0 saturated carbocycles. The summed E-state index contributed by atoms with van der Waals surface area (Å²) in [5.74, 6) is -2.50. The van der Waals surface area contributed by atoms with Gasteiger partial charge in [0.05, 0.1) is 0 Å². The Morgan fingerprint density at radius 1 is 0.789 bits per heavy atom. The number of hydrogen-bond donors (Lipinski definition) is 0. The van der Waals surface area contributed by atoms with E-state index in [1.54, 1.807) is 0 Å². The minimum absolute atomic E-state index is 0.326. The molecule has 0 radical (unpaired) electrons. The molecule has 0 amide bonds. The van der Waals surface area contributed by atoms with Crippen LogP contribution in [0.25, 0.3) is 11.1 Å². The molecule has 2 aromatic rings. The van der Waals surface area contributed by atoms with E-state index in [0.717, 1.165) is 12.1 Å². The molecule has 6 heteroatoms. The van der Waals surface area contributed by atoms with E-state index in [9.17, 15) is 22.0 Å². The molecule has 0 heterocycles. The Kier molecular flexibility index (Phi) is 3.42. The number of rotatable bonds is 2. The highest BCUT2D eigenvalue weighted by Gasteiger charge is 2.32. The highest BCUT2D eigenvalue weighted by Crippen LogP contribution is 2.29. The van der Waals surface area contributed by atoms with Crippen molar-refractivity contribution in [3.05, 3.63) is 54.1 Å². The van der Waals surface area contributed by atoms with E-state index in [4.69, 9.17) is 0 Å². The molecule has 0 aliphatic heterocycles. The molecule has 2 aromatic carbocycles. The van der Waals surface area contributed by atoms with Gasteiger partial charge in [0.1, 0.15) is 5.82 Å². The fourth-order valence-corrected chi connectivity index (χ4v) is 1.53. The zero-order chi connectivity index (χ0) is 14.0. The summed E-state index contributed by atoms with van der Waals surface area (Å²) in [4.78, 5) is 0. The molecular weight excluding hydrogens is 267 g/mol. The van der Waals surface area contributed by atoms with E-state index in [0.29, 0.717) is 11.1 Å². The summed E-state index contributed by atoms with van der Waals surface area (Å²) in [6.45, 7) is 0. The first kappa shape index (κ1) is 13.3. The smallest absolute Gasteiger partial charge is 0.403 e. The minimum atomic E-state index is -4.95. The lowest BCUT2D eigenvalue weighted by Crippen LogP contribution is -2.17. The number of hydrogen-bond acceptors (Lipinski definition) is 1. The maximum Gasteiger partial charge on any atom is 0.573 e. The molecule has 19 heavy (non-hydrogen) atoms. The van der Waals surface area contributed by atoms with E-state index < -0.39 is 23.7 Å². The van der Waals surface area contributed by atoms with Crippen LogP contribution in [0.4, 0.5) is 22.0 Å². The number of alkyl halides is 3. The van der Waals surface area contributed by atoms with Crippen molar-refractivity contribution in [3.8, 4) is 16.9 Å². The molecule has 1 nitrogen and oxygen atoms in total. The average molecular weight is 274 g/mol. The predicted molar refractivity (Wildman–Crippen MR) is 58.5 cm³/mol. The van der Waals surface area contributed by atoms with Crippen LogP contribution in [0.1, 0.15) is 0 Å². The lowest BCUT2D eigenvalue weighted by atomic mass is 10.1. The molecule has 0 aromatic heterocycles. The summed E-state index contributed by atoms with van der Waals surface area (Å²) in [6, 6.07) is 8.18. The Morgan fingerprint density at radius 3 is 1.89 bits per heavy atom. The van der Waals surface area contributed by atoms with Crippen LogP contribution in [0.5, 0.6) is 5.75 Å².